The number of amides is 1. The van der Waals surface area contributed by atoms with Crippen molar-refractivity contribution >= 4 is 17.5 Å². The molecule has 5 nitrogen and oxygen atoms in total. The summed E-state index contributed by atoms with van der Waals surface area (Å²) in [6.45, 7) is -0.0308. The number of phenolic OH excluding ortho intramolecular Hbond substituents is 1. The summed E-state index contributed by atoms with van der Waals surface area (Å²) in [4.78, 5) is 15.8. The lowest BCUT2D eigenvalue weighted by Crippen LogP contribution is -2.24. The summed E-state index contributed by atoms with van der Waals surface area (Å²) in [7, 11) is 0. The number of phenols is 1. The van der Waals surface area contributed by atoms with Crippen LogP contribution >= 0.6 is 11.6 Å². The maximum absolute atomic E-state index is 14.2. The molecule has 128 valence electrons. The molecule has 25 heavy (non-hydrogen) atoms. The summed E-state index contributed by atoms with van der Waals surface area (Å²) in [5.74, 6) is -2.38. The smallest absolute Gasteiger partial charge is 0.254 e. The van der Waals surface area contributed by atoms with Crippen LogP contribution in [-0.2, 0) is 6.54 Å². The number of oxazole rings is 1. The minimum absolute atomic E-state index is 0.0308. The van der Waals surface area contributed by atoms with Crippen molar-refractivity contribution < 1.29 is 23.1 Å². The van der Waals surface area contributed by atoms with Gasteiger partial charge >= 0.3 is 0 Å². The normalized spacial score (nSPS) is 10.7. The lowest BCUT2D eigenvalue weighted by Gasteiger charge is -2.09. The van der Waals surface area contributed by atoms with E-state index in [-0.39, 0.29) is 34.2 Å². The Labute approximate surface area is 145 Å². The Bertz CT molecular complexity index is 930. The highest BCUT2D eigenvalue weighted by atomic mass is 35.5. The molecule has 1 heterocycles. The first-order valence-electron chi connectivity index (χ1n) is 7.09. The highest BCUT2D eigenvalue weighted by Crippen LogP contribution is 2.31. The molecular weight excluding hydrogens is 354 g/mol. The van der Waals surface area contributed by atoms with E-state index in [0.717, 1.165) is 18.5 Å². The van der Waals surface area contributed by atoms with Gasteiger partial charge in [-0.2, -0.15) is 0 Å². The van der Waals surface area contributed by atoms with E-state index in [4.69, 9.17) is 16.0 Å². The van der Waals surface area contributed by atoms with E-state index in [0.29, 0.717) is 5.56 Å². The number of aromatic hydroxyl groups is 1. The van der Waals surface area contributed by atoms with Crippen LogP contribution < -0.4 is 5.32 Å². The molecular formula is C17H11ClF2N2O3. The summed E-state index contributed by atoms with van der Waals surface area (Å²) in [6, 6.07) is 6.03. The predicted octanol–water partition coefficient (Wildman–Crippen LogP) is 3.91. The van der Waals surface area contributed by atoms with Crippen LogP contribution in [-0.4, -0.2) is 16.0 Å². The fraction of sp³-hybridized carbons (Fsp3) is 0.0588. The average Bonchev–Trinajstić information content (AvgIpc) is 3.11. The quantitative estimate of drug-likeness (QED) is 0.736. The molecule has 0 radical (unpaired) electrons. The Morgan fingerprint density at radius 1 is 1.24 bits per heavy atom. The van der Waals surface area contributed by atoms with Gasteiger partial charge in [-0.15, -0.1) is 0 Å². The molecule has 0 atom stereocenters. The topological polar surface area (TPSA) is 75.4 Å². The number of halogens is 3. The first-order valence-corrected chi connectivity index (χ1v) is 7.47. The molecule has 8 heteroatoms. The Kier molecular flexibility index (Phi) is 4.67. The SMILES string of the molecule is O=C(NCc1ccc(Cl)c(F)c1)c1cc(O)c(-c2cnco2)cc1F. The van der Waals surface area contributed by atoms with Gasteiger partial charge < -0.3 is 14.8 Å². The Morgan fingerprint density at radius 3 is 2.72 bits per heavy atom. The van der Waals surface area contributed by atoms with Gasteiger partial charge in [0, 0.05) is 6.54 Å². The van der Waals surface area contributed by atoms with Crippen LogP contribution in [0.4, 0.5) is 8.78 Å². The first-order chi connectivity index (χ1) is 12.0. The second-order valence-electron chi connectivity index (χ2n) is 5.15. The van der Waals surface area contributed by atoms with E-state index in [9.17, 15) is 18.7 Å². The largest absolute Gasteiger partial charge is 0.507 e. The third kappa shape index (κ3) is 3.61. The van der Waals surface area contributed by atoms with Gasteiger partial charge in [0.15, 0.2) is 12.2 Å². The summed E-state index contributed by atoms with van der Waals surface area (Å²) in [5, 5.41) is 12.4. The number of carbonyl (C=O) groups is 1. The molecule has 0 aliphatic carbocycles. The number of rotatable bonds is 4. The van der Waals surface area contributed by atoms with E-state index < -0.39 is 17.5 Å². The zero-order valence-corrected chi connectivity index (χ0v) is 13.3. The molecule has 1 amide bonds. The summed E-state index contributed by atoms with van der Waals surface area (Å²) >= 11 is 5.58. The first kappa shape index (κ1) is 16.9. The number of hydrogen-bond acceptors (Lipinski definition) is 4. The van der Waals surface area contributed by atoms with Crippen LogP contribution in [0.3, 0.4) is 0 Å². The third-order valence-electron chi connectivity index (χ3n) is 3.46. The third-order valence-corrected chi connectivity index (χ3v) is 3.77. The minimum atomic E-state index is -0.844. The molecule has 0 spiro atoms. The van der Waals surface area contributed by atoms with Gasteiger partial charge in [-0.1, -0.05) is 17.7 Å². The second-order valence-corrected chi connectivity index (χ2v) is 5.55. The van der Waals surface area contributed by atoms with Crippen molar-refractivity contribution in [1.29, 1.82) is 0 Å². The fourth-order valence-corrected chi connectivity index (χ4v) is 2.33. The number of nitrogens with one attached hydrogen (secondary N) is 1. The van der Waals surface area contributed by atoms with E-state index in [1.54, 1.807) is 0 Å². The molecule has 0 fully saturated rings. The van der Waals surface area contributed by atoms with Gasteiger partial charge in [-0.05, 0) is 29.8 Å². The van der Waals surface area contributed by atoms with Crippen LogP contribution in [0.1, 0.15) is 15.9 Å². The molecule has 2 aromatic carbocycles. The maximum Gasteiger partial charge on any atom is 0.254 e. The van der Waals surface area contributed by atoms with Crippen LogP contribution in [0.25, 0.3) is 11.3 Å². The molecule has 2 N–H and O–H groups in total. The van der Waals surface area contributed by atoms with Crippen molar-refractivity contribution in [2.24, 2.45) is 0 Å². The number of hydrogen-bond donors (Lipinski definition) is 2. The van der Waals surface area contributed by atoms with E-state index in [2.05, 4.69) is 10.3 Å². The van der Waals surface area contributed by atoms with Crippen molar-refractivity contribution in [2.45, 2.75) is 6.54 Å². The molecule has 0 bridgehead atoms. The van der Waals surface area contributed by atoms with Gasteiger partial charge in [0.05, 0.1) is 22.3 Å². The van der Waals surface area contributed by atoms with Crippen molar-refractivity contribution in [1.82, 2.24) is 10.3 Å². The number of benzene rings is 2. The van der Waals surface area contributed by atoms with Gasteiger partial charge in [0.25, 0.3) is 5.91 Å². The summed E-state index contributed by atoms with van der Waals surface area (Å²) < 4.78 is 32.6. The number of carbonyl (C=O) groups excluding carboxylic acids is 1. The highest BCUT2D eigenvalue weighted by Gasteiger charge is 2.18. The van der Waals surface area contributed by atoms with Crippen LogP contribution in [0.2, 0.25) is 5.02 Å². The molecule has 0 saturated carbocycles. The zero-order chi connectivity index (χ0) is 18.0. The summed E-state index contributed by atoms with van der Waals surface area (Å²) in [5.41, 5.74) is 0.180. The second kappa shape index (κ2) is 6.90. The predicted molar refractivity (Wildman–Crippen MR) is 86.1 cm³/mol. The van der Waals surface area contributed by atoms with Crippen molar-refractivity contribution in [3.8, 4) is 17.1 Å². The monoisotopic (exact) mass is 364 g/mol. The standard InChI is InChI=1S/C17H11ClF2N2O3/c18-12-2-1-9(3-14(12)20)6-22-17(24)10-5-15(23)11(4-13(10)19)16-7-21-8-25-16/h1-5,7-8,23H,6H2,(H,22,24). The molecule has 0 unspecified atom stereocenters. The molecule has 0 aliphatic rings. The van der Waals surface area contributed by atoms with E-state index >= 15 is 0 Å². The van der Waals surface area contributed by atoms with Crippen molar-refractivity contribution in [3.63, 3.8) is 0 Å². The van der Waals surface area contributed by atoms with E-state index in [1.807, 2.05) is 0 Å². The minimum Gasteiger partial charge on any atom is -0.507 e. The molecule has 1 aromatic heterocycles. The Hall–Kier alpha value is -2.93. The number of aromatic nitrogens is 1. The highest BCUT2D eigenvalue weighted by molar-refractivity contribution is 6.30. The van der Waals surface area contributed by atoms with Crippen molar-refractivity contribution in [2.75, 3.05) is 0 Å². The van der Waals surface area contributed by atoms with Gasteiger partial charge in [-0.25, -0.2) is 13.8 Å². The summed E-state index contributed by atoms with van der Waals surface area (Å²) in [6.07, 6.45) is 2.45. The van der Waals surface area contributed by atoms with Crippen molar-refractivity contribution in [3.05, 3.63) is 70.7 Å². The van der Waals surface area contributed by atoms with E-state index in [1.165, 1.54) is 24.4 Å². The van der Waals surface area contributed by atoms with Gasteiger partial charge in [0.1, 0.15) is 17.4 Å². The number of nitrogens with zero attached hydrogens (tertiary/aromatic N) is 1. The average molecular weight is 365 g/mol. The maximum atomic E-state index is 14.2. The Morgan fingerprint density at radius 2 is 2.04 bits per heavy atom. The molecule has 0 saturated heterocycles. The lowest BCUT2D eigenvalue weighted by atomic mass is 10.1. The zero-order valence-electron chi connectivity index (χ0n) is 12.6. The molecule has 0 aliphatic heterocycles. The Balaban J connectivity index is 1.78. The lowest BCUT2D eigenvalue weighted by molar-refractivity contribution is 0.0946. The molecule has 3 rings (SSSR count). The van der Waals surface area contributed by atoms with Crippen LogP contribution in [0.5, 0.6) is 5.75 Å². The van der Waals surface area contributed by atoms with Crippen LogP contribution in [0.15, 0.2) is 47.3 Å². The van der Waals surface area contributed by atoms with Gasteiger partial charge in [0.2, 0.25) is 0 Å². The fourth-order valence-electron chi connectivity index (χ4n) is 2.21. The van der Waals surface area contributed by atoms with Crippen LogP contribution in [0, 0.1) is 11.6 Å². The molecule has 3 aromatic rings. The van der Waals surface area contributed by atoms with Gasteiger partial charge in [-0.3, -0.25) is 4.79 Å².